The Bertz CT molecular complexity index is 276. The van der Waals surface area contributed by atoms with Crippen LogP contribution >= 0.6 is 0 Å². The van der Waals surface area contributed by atoms with Gasteiger partial charge in [-0.25, -0.2) is 0 Å². The Balaban J connectivity index is 1.82. The average Bonchev–Trinajstić information content (AvgIpc) is 2.68. The van der Waals surface area contributed by atoms with Crippen molar-refractivity contribution in [3.8, 4) is 6.07 Å². The van der Waals surface area contributed by atoms with Crippen LogP contribution in [0.15, 0.2) is 0 Å². The molecule has 0 heterocycles. The van der Waals surface area contributed by atoms with Crippen LogP contribution in [0.3, 0.4) is 0 Å². The zero-order valence-electron chi connectivity index (χ0n) is 10.6. The van der Waals surface area contributed by atoms with Gasteiger partial charge in [0.25, 0.3) is 0 Å². The standard InChI is InChI=1S/C14H24N2O/c15-10-12-6-5-7-13(12)16-11-14(17)8-3-1-2-4-9-14/h12-13,16-17H,1-9,11H2. The third kappa shape index (κ3) is 3.43. The molecule has 0 spiro atoms. The molecule has 3 heteroatoms. The first kappa shape index (κ1) is 12.9. The molecule has 2 saturated carbocycles. The first-order chi connectivity index (χ1) is 8.23. The lowest BCUT2D eigenvalue weighted by atomic mass is 9.93. The molecule has 2 N–H and O–H groups in total. The molecule has 2 fully saturated rings. The number of nitrogens with one attached hydrogen (secondary N) is 1. The van der Waals surface area contributed by atoms with Crippen LogP contribution in [0, 0.1) is 17.2 Å². The van der Waals surface area contributed by atoms with E-state index in [9.17, 15) is 5.11 Å². The predicted octanol–water partition coefficient (Wildman–Crippen LogP) is 2.35. The van der Waals surface area contributed by atoms with Crippen LogP contribution < -0.4 is 5.32 Å². The van der Waals surface area contributed by atoms with E-state index in [1.54, 1.807) is 0 Å². The molecule has 2 unspecified atom stereocenters. The number of aliphatic hydroxyl groups is 1. The molecule has 2 aliphatic rings. The molecule has 0 aromatic heterocycles. The van der Waals surface area contributed by atoms with Gasteiger partial charge >= 0.3 is 0 Å². The molecule has 0 aliphatic heterocycles. The molecule has 96 valence electrons. The summed E-state index contributed by atoms with van der Waals surface area (Å²) in [6.07, 6.45) is 9.90. The predicted molar refractivity (Wildman–Crippen MR) is 67.4 cm³/mol. The molecule has 0 saturated heterocycles. The third-order valence-corrected chi connectivity index (χ3v) is 4.41. The molecule has 3 nitrogen and oxygen atoms in total. The van der Waals surface area contributed by atoms with Crippen LogP contribution in [-0.2, 0) is 0 Å². The number of hydrogen-bond donors (Lipinski definition) is 2. The molecular formula is C14H24N2O. The van der Waals surface area contributed by atoms with Gasteiger partial charge in [-0.3, -0.25) is 0 Å². The Kier molecular flexibility index (Phi) is 4.42. The van der Waals surface area contributed by atoms with E-state index in [1.165, 1.54) is 12.8 Å². The van der Waals surface area contributed by atoms with Gasteiger partial charge in [-0.15, -0.1) is 0 Å². The summed E-state index contributed by atoms with van der Waals surface area (Å²) in [5.74, 6) is 0.157. The second kappa shape index (κ2) is 5.84. The lowest BCUT2D eigenvalue weighted by Gasteiger charge is -2.29. The highest BCUT2D eigenvalue weighted by molar-refractivity contribution is 4.97. The summed E-state index contributed by atoms with van der Waals surface area (Å²) in [4.78, 5) is 0. The van der Waals surface area contributed by atoms with Gasteiger partial charge in [0.15, 0.2) is 0 Å². The summed E-state index contributed by atoms with van der Waals surface area (Å²) in [6, 6.07) is 2.69. The van der Waals surface area contributed by atoms with Gasteiger partial charge in [0, 0.05) is 12.6 Å². The van der Waals surface area contributed by atoms with E-state index in [1.807, 2.05) is 0 Å². The molecule has 17 heavy (non-hydrogen) atoms. The molecule has 0 amide bonds. The number of rotatable bonds is 3. The maximum Gasteiger partial charge on any atom is 0.0771 e. The highest BCUT2D eigenvalue weighted by Gasteiger charge is 2.32. The maximum absolute atomic E-state index is 10.5. The zero-order valence-corrected chi connectivity index (χ0v) is 10.6. The van der Waals surface area contributed by atoms with Gasteiger partial charge in [-0.05, 0) is 25.7 Å². The second-order valence-corrected chi connectivity index (χ2v) is 5.79. The van der Waals surface area contributed by atoms with E-state index >= 15 is 0 Å². The Morgan fingerprint density at radius 1 is 1.12 bits per heavy atom. The maximum atomic E-state index is 10.5. The summed E-state index contributed by atoms with van der Waals surface area (Å²) in [5, 5.41) is 23.0. The van der Waals surface area contributed by atoms with Crippen LogP contribution in [0.5, 0.6) is 0 Å². The fourth-order valence-electron chi connectivity index (χ4n) is 3.24. The van der Waals surface area contributed by atoms with E-state index in [-0.39, 0.29) is 5.92 Å². The number of hydrogen-bond acceptors (Lipinski definition) is 3. The Labute approximate surface area is 104 Å². The van der Waals surface area contributed by atoms with Crippen LogP contribution in [0.25, 0.3) is 0 Å². The van der Waals surface area contributed by atoms with Gasteiger partial charge in [-0.1, -0.05) is 32.1 Å². The summed E-state index contributed by atoms with van der Waals surface area (Å²) >= 11 is 0. The summed E-state index contributed by atoms with van der Waals surface area (Å²) in [6.45, 7) is 0.676. The van der Waals surface area contributed by atoms with Crippen molar-refractivity contribution in [1.29, 1.82) is 5.26 Å². The molecular weight excluding hydrogens is 212 g/mol. The average molecular weight is 236 g/mol. The van der Waals surface area contributed by atoms with Crippen LogP contribution in [0.1, 0.15) is 57.8 Å². The molecule has 2 aliphatic carbocycles. The fraction of sp³-hybridized carbons (Fsp3) is 0.929. The van der Waals surface area contributed by atoms with E-state index in [0.717, 1.165) is 44.9 Å². The zero-order chi connectivity index (χ0) is 12.1. The van der Waals surface area contributed by atoms with Crippen molar-refractivity contribution < 1.29 is 5.11 Å². The van der Waals surface area contributed by atoms with Crippen LogP contribution in [-0.4, -0.2) is 23.3 Å². The first-order valence-electron chi connectivity index (χ1n) is 7.09. The first-order valence-corrected chi connectivity index (χ1v) is 7.09. The van der Waals surface area contributed by atoms with Crippen molar-refractivity contribution in [3.05, 3.63) is 0 Å². The summed E-state index contributed by atoms with van der Waals surface area (Å²) < 4.78 is 0. The molecule has 0 aromatic rings. The van der Waals surface area contributed by atoms with E-state index in [2.05, 4.69) is 11.4 Å². The lowest BCUT2D eigenvalue weighted by molar-refractivity contribution is 0.0222. The van der Waals surface area contributed by atoms with Crippen LogP contribution in [0.4, 0.5) is 0 Å². The van der Waals surface area contributed by atoms with Gasteiger partial charge in [-0.2, -0.15) is 5.26 Å². The molecule has 0 bridgehead atoms. The number of nitrogens with zero attached hydrogens (tertiary/aromatic N) is 1. The Morgan fingerprint density at radius 3 is 2.47 bits per heavy atom. The SMILES string of the molecule is N#CC1CCCC1NCC1(O)CCCCCC1. The van der Waals surface area contributed by atoms with Gasteiger partial charge in [0.2, 0.25) is 0 Å². The minimum absolute atomic E-state index is 0.157. The van der Waals surface area contributed by atoms with Crippen molar-refractivity contribution in [2.45, 2.75) is 69.4 Å². The Hall–Kier alpha value is -0.590. The minimum atomic E-state index is -0.515. The summed E-state index contributed by atoms with van der Waals surface area (Å²) in [7, 11) is 0. The van der Waals surface area contributed by atoms with E-state index in [0.29, 0.717) is 12.6 Å². The van der Waals surface area contributed by atoms with Crippen molar-refractivity contribution in [2.75, 3.05) is 6.54 Å². The van der Waals surface area contributed by atoms with Crippen molar-refractivity contribution in [3.63, 3.8) is 0 Å². The quantitative estimate of drug-likeness (QED) is 0.740. The largest absolute Gasteiger partial charge is 0.389 e. The topological polar surface area (TPSA) is 56.0 Å². The molecule has 2 rings (SSSR count). The van der Waals surface area contributed by atoms with Gasteiger partial charge < -0.3 is 10.4 Å². The van der Waals surface area contributed by atoms with E-state index in [4.69, 9.17) is 5.26 Å². The Morgan fingerprint density at radius 2 is 1.82 bits per heavy atom. The highest BCUT2D eigenvalue weighted by atomic mass is 16.3. The summed E-state index contributed by atoms with van der Waals surface area (Å²) in [5.41, 5.74) is -0.515. The van der Waals surface area contributed by atoms with Gasteiger partial charge in [0.05, 0.1) is 17.6 Å². The smallest absolute Gasteiger partial charge is 0.0771 e. The normalized spacial score (nSPS) is 32.9. The number of nitriles is 1. The van der Waals surface area contributed by atoms with Crippen LogP contribution in [0.2, 0.25) is 0 Å². The lowest BCUT2D eigenvalue weighted by Crippen LogP contribution is -2.45. The minimum Gasteiger partial charge on any atom is -0.389 e. The van der Waals surface area contributed by atoms with E-state index < -0.39 is 5.60 Å². The molecule has 0 radical (unpaired) electrons. The second-order valence-electron chi connectivity index (χ2n) is 5.79. The highest BCUT2D eigenvalue weighted by Crippen LogP contribution is 2.29. The van der Waals surface area contributed by atoms with Gasteiger partial charge in [0.1, 0.15) is 0 Å². The third-order valence-electron chi connectivity index (χ3n) is 4.41. The van der Waals surface area contributed by atoms with Crippen molar-refractivity contribution in [1.82, 2.24) is 5.32 Å². The fourth-order valence-corrected chi connectivity index (χ4v) is 3.24. The molecule has 0 aromatic carbocycles. The van der Waals surface area contributed by atoms with Crippen molar-refractivity contribution in [2.24, 2.45) is 5.92 Å². The van der Waals surface area contributed by atoms with Crippen molar-refractivity contribution >= 4 is 0 Å². The monoisotopic (exact) mass is 236 g/mol. The molecule has 2 atom stereocenters.